The Hall–Kier alpha value is -1.35. The third-order valence-corrected chi connectivity index (χ3v) is 4.80. The lowest BCUT2D eigenvalue weighted by atomic mass is 9.79. The Morgan fingerprint density at radius 1 is 1.24 bits per heavy atom. The highest BCUT2D eigenvalue weighted by molar-refractivity contribution is 7.92. The Morgan fingerprint density at radius 2 is 1.84 bits per heavy atom. The molecule has 1 saturated heterocycles. The van der Waals surface area contributed by atoms with Crippen molar-refractivity contribution in [1.29, 1.82) is 0 Å². The minimum atomic E-state index is -3.32. The number of anilines is 1. The zero-order valence-electron chi connectivity index (χ0n) is 14.5. The second-order valence-corrected chi connectivity index (χ2v) is 8.07. The third-order valence-electron chi connectivity index (χ3n) is 4.19. The van der Waals surface area contributed by atoms with E-state index in [1.54, 1.807) is 31.4 Å². The lowest BCUT2D eigenvalue weighted by Crippen LogP contribution is -2.47. The van der Waals surface area contributed by atoms with E-state index in [1.165, 1.54) is 0 Å². The Morgan fingerprint density at radius 3 is 2.36 bits per heavy atom. The summed E-state index contributed by atoms with van der Waals surface area (Å²) in [5.41, 5.74) is 0.895. The SMILES string of the molecule is COCC1(CNC(=O)c2ccc(NS(C)(=O)=O)cc2)CCNCC1.Cl. The van der Waals surface area contributed by atoms with Crippen LogP contribution in [0.1, 0.15) is 23.2 Å². The maximum Gasteiger partial charge on any atom is 0.251 e. The first kappa shape index (κ1) is 21.7. The van der Waals surface area contributed by atoms with Gasteiger partial charge in [0.2, 0.25) is 10.0 Å². The molecule has 0 aromatic heterocycles. The van der Waals surface area contributed by atoms with Crippen LogP contribution in [0.5, 0.6) is 0 Å². The highest BCUT2D eigenvalue weighted by atomic mass is 35.5. The largest absolute Gasteiger partial charge is 0.384 e. The fraction of sp³-hybridized carbons (Fsp3) is 0.562. The number of sulfonamides is 1. The maximum absolute atomic E-state index is 12.3. The van der Waals surface area contributed by atoms with E-state index in [0.29, 0.717) is 24.4 Å². The first-order valence-corrected chi connectivity index (χ1v) is 9.78. The second-order valence-electron chi connectivity index (χ2n) is 6.32. The van der Waals surface area contributed by atoms with Gasteiger partial charge in [-0.1, -0.05) is 0 Å². The van der Waals surface area contributed by atoms with E-state index in [0.717, 1.165) is 32.2 Å². The summed E-state index contributed by atoms with van der Waals surface area (Å²) in [4.78, 5) is 12.3. The second kappa shape index (κ2) is 9.38. The van der Waals surface area contributed by atoms with E-state index in [-0.39, 0.29) is 23.7 Å². The molecule has 3 N–H and O–H groups in total. The molecular weight excluding hydrogens is 366 g/mol. The minimum absolute atomic E-state index is 0. The summed E-state index contributed by atoms with van der Waals surface area (Å²) >= 11 is 0. The molecule has 1 aromatic carbocycles. The topological polar surface area (TPSA) is 96.5 Å². The van der Waals surface area contributed by atoms with Crippen molar-refractivity contribution in [3.63, 3.8) is 0 Å². The summed E-state index contributed by atoms with van der Waals surface area (Å²) in [5.74, 6) is -0.171. The molecule has 9 heteroatoms. The van der Waals surface area contributed by atoms with Gasteiger partial charge in [-0.25, -0.2) is 8.42 Å². The molecule has 1 aliphatic heterocycles. The molecule has 0 bridgehead atoms. The number of carbonyl (C=O) groups excluding carboxylic acids is 1. The van der Waals surface area contributed by atoms with E-state index in [4.69, 9.17) is 4.74 Å². The van der Waals surface area contributed by atoms with Crippen molar-refractivity contribution in [1.82, 2.24) is 10.6 Å². The van der Waals surface area contributed by atoms with Crippen molar-refractivity contribution in [3.8, 4) is 0 Å². The van der Waals surface area contributed by atoms with Gasteiger partial charge in [-0.3, -0.25) is 9.52 Å². The molecule has 0 spiro atoms. The predicted molar refractivity (Wildman–Crippen MR) is 101 cm³/mol. The fourth-order valence-electron chi connectivity index (χ4n) is 2.91. The Balaban J connectivity index is 0.00000312. The minimum Gasteiger partial charge on any atom is -0.384 e. The zero-order valence-corrected chi connectivity index (χ0v) is 16.1. The number of amides is 1. The molecule has 0 unspecified atom stereocenters. The van der Waals surface area contributed by atoms with Gasteiger partial charge in [0.1, 0.15) is 0 Å². The summed E-state index contributed by atoms with van der Waals surface area (Å²) in [6, 6.07) is 6.36. The van der Waals surface area contributed by atoms with Gasteiger partial charge in [-0.05, 0) is 50.2 Å². The first-order chi connectivity index (χ1) is 11.3. The molecule has 25 heavy (non-hydrogen) atoms. The number of hydrogen-bond acceptors (Lipinski definition) is 5. The third kappa shape index (κ3) is 6.81. The number of piperidine rings is 1. The van der Waals surface area contributed by atoms with Gasteiger partial charge < -0.3 is 15.4 Å². The van der Waals surface area contributed by atoms with Gasteiger partial charge in [0.05, 0.1) is 12.9 Å². The zero-order chi connectivity index (χ0) is 17.6. The molecule has 1 aliphatic rings. The standard InChI is InChI=1S/C16H25N3O4S.ClH/c1-23-12-16(7-9-17-10-8-16)11-18-15(20)13-3-5-14(6-4-13)19-24(2,21)22;/h3-6,17,19H,7-12H2,1-2H3,(H,18,20);1H. The average Bonchev–Trinajstić information content (AvgIpc) is 2.53. The summed E-state index contributed by atoms with van der Waals surface area (Å²) in [5, 5.41) is 6.29. The van der Waals surface area contributed by atoms with E-state index in [1.807, 2.05) is 0 Å². The summed E-state index contributed by atoms with van der Waals surface area (Å²) < 4.78 is 30.1. The number of rotatable bonds is 7. The number of methoxy groups -OCH3 is 1. The lowest BCUT2D eigenvalue weighted by Gasteiger charge is -2.37. The molecule has 1 aromatic rings. The fourth-order valence-corrected chi connectivity index (χ4v) is 3.47. The van der Waals surface area contributed by atoms with E-state index < -0.39 is 10.0 Å². The van der Waals surface area contributed by atoms with Crippen LogP contribution in [0, 0.1) is 5.41 Å². The summed E-state index contributed by atoms with van der Waals surface area (Å²) in [6.07, 6.45) is 3.00. The number of carbonyl (C=O) groups is 1. The Labute approximate surface area is 155 Å². The Bertz CT molecular complexity index is 653. The first-order valence-electron chi connectivity index (χ1n) is 7.89. The molecule has 142 valence electrons. The normalized spacial score (nSPS) is 16.6. The summed E-state index contributed by atoms with van der Waals surface area (Å²) in [6.45, 7) is 3.02. The van der Waals surface area contributed by atoms with Gasteiger partial charge in [0, 0.05) is 30.3 Å². The molecular formula is C16H26ClN3O4S. The van der Waals surface area contributed by atoms with Crippen LogP contribution in [-0.4, -0.2) is 53.9 Å². The number of nitrogens with one attached hydrogen (secondary N) is 3. The van der Waals surface area contributed by atoms with E-state index in [9.17, 15) is 13.2 Å². The molecule has 1 fully saturated rings. The molecule has 0 aliphatic carbocycles. The molecule has 2 rings (SSSR count). The van der Waals surface area contributed by atoms with Crippen LogP contribution in [0.25, 0.3) is 0 Å². The van der Waals surface area contributed by atoms with Crippen LogP contribution in [0.3, 0.4) is 0 Å². The van der Waals surface area contributed by atoms with Crippen molar-refractivity contribution < 1.29 is 17.9 Å². The smallest absolute Gasteiger partial charge is 0.251 e. The van der Waals surface area contributed by atoms with Gasteiger partial charge in [-0.2, -0.15) is 0 Å². The van der Waals surface area contributed by atoms with Crippen LogP contribution >= 0.6 is 12.4 Å². The van der Waals surface area contributed by atoms with Crippen molar-refractivity contribution in [2.24, 2.45) is 5.41 Å². The molecule has 1 heterocycles. The van der Waals surface area contributed by atoms with Crippen molar-refractivity contribution in [2.75, 3.05) is 44.3 Å². The van der Waals surface area contributed by atoms with Crippen LogP contribution in [0.4, 0.5) is 5.69 Å². The van der Waals surface area contributed by atoms with Crippen LogP contribution in [-0.2, 0) is 14.8 Å². The van der Waals surface area contributed by atoms with Gasteiger partial charge in [0.25, 0.3) is 5.91 Å². The number of hydrogen-bond donors (Lipinski definition) is 3. The van der Waals surface area contributed by atoms with Crippen LogP contribution in [0.15, 0.2) is 24.3 Å². The van der Waals surface area contributed by atoms with Crippen molar-refractivity contribution >= 4 is 34.0 Å². The van der Waals surface area contributed by atoms with Gasteiger partial charge in [0.15, 0.2) is 0 Å². The van der Waals surface area contributed by atoms with Crippen LogP contribution < -0.4 is 15.4 Å². The average molecular weight is 392 g/mol. The van der Waals surface area contributed by atoms with Crippen LogP contribution in [0.2, 0.25) is 0 Å². The number of halogens is 1. The van der Waals surface area contributed by atoms with Crippen molar-refractivity contribution in [3.05, 3.63) is 29.8 Å². The molecule has 0 radical (unpaired) electrons. The maximum atomic E-state index is 12.3. The molecule has 7 nitrogen and oxygen atoms in total. The van der Waals surface area contributed by atoms with Gasteiger partial charge in [-0.15, -0.1) is 12.4 Å². The quantitative estimate of drug-likeness (QED) is 0.649. The van der Waals surface area contributed by atoms with Crippen molar-refractivity contribution in [2.45, 2.75) is 12.8 Å². The molecule has 0 atom stereocenters. The highest BCUT2D eigenvalue weighted by Gasteiger charge is 2.32. The lowest BCUT2D eigenvalue weighted by molar-refractivity contribution is 0.0512. The highest BCUT2D eigenvalue weighted by Crippen LogP contribution is 2.28. The predicted octanol–water partition coefficient (Wildman–Crippen LogP) is 1.23. The molecule has 0 saturated carbocycles. The van der Waals surface area contributed by atoms with E-state index in [2.05, 4.69) is 15.4 Å². The summed E-state index contributed by atoms with van der Waals surface area (Å²) in [7, 11) is -1.64. The monoisotopic (exact) mass is 391 g/mol. The number of ether oxygens (including phenoxy) is 1. The Kier molecular flexibility index (Phi) is 8.14. The molecule has 1 amide bonds. The van der Waals surface area contributed by atoms with Gasteiger partial charge >= 0.3 is 0 Å². The number of benzene rings is 1. The van der Waals surface area contributed by atoms with E-state index >= 15 is 0 Å².